The van der Waals surface area contributed by atoms with Crippen LogP contribution < -0.4 is 15.8 Å². The van der Waals surface area contributed by atoms with Crippen LogP contribution in [0, 0.1) is 5.82 Å². The number of anilines is 1. The highest BCUT2D eigenvalue weighted by Crippen LogP contribution is 2.50. The Kier molecular flexibility index (Phi) is 7.47. The number of H-pyrrole nitrogens is 1. The summed E-state index contributed by atoms with van der Waals surface area (Å²) in [6, 6.07) is 14.1. The van der Waals surface area contributed by atoms with Gasteiger partial charge in [-0.1, -0.05) is 23.7 Å². The average Bonchev–Trinajstić information content (AvgIpc) is 3.95. The molecule has 0 radical (unpaired) electrons. The van der Waals surface area contributed by atoms with Gasteiger partial charge in [0.05, 0.1) is 46.4 Å². The molecule has 1 amide bonds. The van der Waals surface area contributed by atoms with E-state index in [1.54, 1.807) is 25.4 Å². The number of hydrogen-bond acceptors (Lipinski definition) is 9. The van der Waals surface area contributed by atoms with Gasteiger partial charge in [0.2, 0.25) is 0 Å². The number of aromatic nitrogens is 4. The monoisotopic (exact) mass is 708 g/mol. The molecule has 6 heterocycles. The van der Waals surface area contributed by atoms with Crippen molar-refractivity contribution in [2.24, 2.45) is 0 Å². The second-order valence-corrected chi connectivity index (χ2v) is 14.4. The van der Waals surface area contributed by atoms with E-state index in [1.807, 2.05) is 23.1 Å². The second-order valence-electron chi connectivity index (χ2n) is 12.9. The number of pyridine rings is 2. The van der Waals surface area contributed by atoms with Crippen LogP contribution >= 0.6 is 22.9 Å². The fourth-order valence-corrected chi connectivity index (χ4v) is 9.18. The van der Waals surface area contributed by atoms with Crippen LogP contribution in [0.25, 0.3) is 32.0 Å². The predicted molar refractivity (Wildman–Crippen MR) is 188 cm³/mol. The SMILES string of the molecule is COc1cc(Cl)cc2c1CC[C@@H]2Nc1nccc2cc(-c3c4c(nc(CCc5ccc(F)cc5)c3-c3n[nH]c(=O)o3)[C@H]3CCCN3C4=O)sc12. The molecule has 2 atom stereocenters. The van der Waals surface area contributed by atoms with E-state index in [0.717, 1.165) is 74.6 Å². The van der Waals surface area contributed by atoms with E-state index in [0.29, 0.717) is 46.8 Å². The van der Waals surface area contributed by atoms with Gasteiger partial charge in [-0.05, 0) is 97.0 Å². The summed E-state index contributed by atoms with van der Waals surface area (Å²) in [5, 5.41) is 11.9. The van der Waals surface area contributed by atoms with Gasteiger partial charge in [0.1, 0.15) is 17.4 Å². The molecule has 0 bridgehead atoms. The largest absolute Gasteiger partial charge is 0.496 e. The van der Waals surface area contributed by atoms with E-state index < -0.39 is 5.76 Å². The summed E-state index contributed by atoms with van der Waals surface area (Å²) >= 11 is 7.99. The van der Waals surface area contributed by atoms with Gasteiger partial charge in [-0.3, -0.25) is 9.78 Å². The van der Waals surface area contributed by atoms with Crippen LogP contribution in [0.15, 0.2) is 63.9 Å². The van der Waals surface area contributed by atoms with E-state index in [9.17, 15) is 14.0 Å². The number of rotatable bonds is 8. The van der Waals surface area contributed by atoms with E-state index in [1.165, 1.54) is 23.5 Å². The molecule has 1 fully saturated rings. The van der Waals surface area contributed by atoms with Crippen LogP contribution in [0.4, 0.5) is 10.2 Å². The van der Waals surface area contributed by atoms with Gasteiger partial charge < -0.3 is 19.4 Å². The number of carbonyl (C=O) groups excluding carboxylic acids is 1. The van der Waals surface area contributed by atoms with E-state index in [-0.39, 0.29) is 29.7 Å². The molecule has 2 N–H and O–H groups in total. The highest BCUT2D eigenvalue weighted by atomic mass is 35.5. The third kappa shape index (κ3) is 5.08. The summed E-state index contributed by atoms with van der Waals surface area (Å²) < 4.78 is 25.9. The normalized spacial score (nSPS) is 17.7. The number of halogens is 2. The Morgan fingerprint density at radius 2 is 1.96 bits per heavy atom. The number of thiophene rings is 1. The minimum atomic E-state index is -0.705. The van der Waals surface area contributed by atoms with Crippen molar-refractivity contribution >= 4 is 44.7 Å². The van der Waals surface area contributed by atoms with Gasteiger partial charge >= 0.3 is 5.76 Å². The van der Waals surface area contributed by atoms with Gasteiger partial charge in [0, 0.05) is 28.2 Å². The minimum Gasteiger partial charge on any atom is -0.496 e. The second kappa shape index (κ2) is 12.1. The quantitative estimate of drug-likeness (QED) is 0.165. The Labute approximate surface area is 294 Å². The molecule has 13 heteroatoms. The van der Waals surface area contributed by atoms with Crippen LogP contribution in [0.5, 0.6) is 5.75 Å². The number of amides is 1. The van der Waals surface area contributed by atoms with E-state index >= 15 is 0 Å². The Morgan fingerprint density at radius 1 is 1.10 bits per heavy atom. The van der Waals surface area contributed by atoms with Crippen LogP contribution in [-0.4, -0.2) is 44.6 Å². The van der Waals surface area contributed by atoms with Crippen LogP contribution in [0.1, 0.15) is 69.8 Å². The number of benzene rings is 2. The fraction of sp³-hybridized carbons (Fsp3) is 0.270. The summed E-state index contributed by atoms with van der Waals surface area (Å²) in [5.41, 5.74) is 6.21. The first-order chi connectivity index (χ1) is 24.4. The summed E-state index contributed by atoms with van der Waals surface area (Å²) in [5.74, 6) is 0.472. The van der Waals surface area contributed by atoms with Crippen LogP contribution in [0.2, 0.25) is 5.02 Å². The summed E-state index contributed by atoms with van der Waals surface area (Å²) in [7, 11) is 1.66. The third-order valence-corrected chi connectivity index (χ3v) is 11.4. The maximum atomic E-state index is 14.2. The number of hydrogen-bond donors (Lipinski definition) is 2. The molecule has 6 aromatic rings. The number of methoxy groups -OCH3 is 1. The number of aromatic amines is 1. The summed E-state index contributed by atoms with van der Waals surface area (Å²) in [6.45, 7) is 0.652. The first kappa shape index (κ1) is 30.9. The molecule has 1 aliphatic carbocycles. The summed E-state index contributed by atoms with van der Waals surface area (Å²) in [4.78, 5) is 39.1. The lowest BCUT2D eigenvalue weighted by atomic mass is 9.93. The smallest absolute Gasteiger partial charge is 0.434 e. The molecule has 9 rings (SSSR count). The van der Waals surface area contributed by atoms with Crippen molar-refractivity contribution < 1.29 is 18.3 Å². The molecule has 252 valence electrons. The lowest BCUT2D eigenvalue weighted by Crippen LogP contribution is -2.22. The molecule has 0 unspecified atom stereocenters. The molecule has 10 nitrogen and oxygen atoms in total. The number of aryl methyl sites for hydroxylation is 2. The minimum absolute atomic E-state index is 0.0212. The Morgan fingerprint density at radius 3 is 2.76 bits per heavy atom. The van der Waals surface area contributed by atoms with Crippen molar-refractivity contribution in [2.45, 2.75) is 50.6 Å². The van der Waals surface area contributed by atoms with Crippen molar-refractivity contribution in [1.29, 1.82) is 0 Å². The lowest BCUT2D eigenvalue weighted by Gasteiger charge is -2.17. The number of nitrogens with zero attached hydrogens (tertiary/aromatic N) is 4. The summed E-state index contributed by atoms with van der Waals surface area (Å²) in [6.07, 6.45) is 6.20. The molecule has 50 heavy (non-hydrogen) atoms. The van der Waals surface area contributed by atoms with Crippen LogP contribution in [0.3, 0.4) is 0 Å². The van der Waals surface area contributed by atoms with Gasteiger partial charge in [-0.25, -0.2) is 19.3 Å². The third-order valence-electron chi connectivity index (χ3n) is 10.0. The maximum Gasteiger partial charge on any atom is 0.434 e. The van der Waals surface area contributed by atoms with Crippen molar-refractivity contribution in [3.05, 3.63) is 110 Å². The maximum absolute atomic E-state index is 14.2. The zero-order valence-electron chi connectivity index (χ0n) is 26.9. The molecule has 2 aromatic carbocycles. The van der Waals surface area contributed by atoms with E-state index in [2.05, 4.69) is 21.6 Å². The Bertz CT molecular complexity index is 2390. The zero-order chi connectivity index (χ0) is 34.1. The van der Waals surface area contributed by atoms with Crippen molar-refractivity contribution in [3.8, 4) is 27.6 Å². The zero-order valence-corrected chi connectivity index (χ0v) is 28.5. The fourth-order valence-electron chi connectivity index (χ4n) is 7.80. The number of nitrogens with one attached hydrogen (secondary N) is 2. The van der Waals surface area contributed by atoms with Crippen molar-refractivity contribution in [3.63, 3.8) is 0 Å². The van der Waals surface area contributed by atoms with Gasteiger partial charge in [0.25, 0.3) is 11.8 Å². The topological polar surface area (TPSA) is 126 Å². The molecular formula is C37H30ClFN6O4S. The first-order valence-electron chi connectivity index (χ1n) is 16.6. The standard InChI is InChI=1S/C37H30ClFN6O4S/c1-48-27-17-20(38)16-23-22(27)9-11-24(23)42-34-33-19(12-13-40-34)15-28(50-33)30-29(35-43-44-37(47)49-35)25(10-6-18-4-7-21(39)8-5-18)41-32-26-3-2-14-45(26)36(46)31(30)32/h4-5,7-8,12-13,15-17,24,26H,2-3,6,9-11,14H2,1H3,(H,40,42)(H,44,47)/t24-,26+/m0/s1. The molecule has 4 aromatic heterocycles. The molecule has 3 aliphatic rings. The first-order valence-corrected chi connectivity index (χ1v) is 17.8. The van der Waals surface area contributed by atoms with Gasteiger partial charge in [-0.15, -0.1) is 16.4 Å². The highest BCUT2D eigenvalue weighted by molar-refractivity contribution is 7.23. The molecule has 0 spiro atoms. The van der Waals surface area contributed by atoms with E-state index in [4.69, 9.17) is 30.7 Å². The molecular weight excluding hydrogens is 679 g/mol. The van der Waals surface area contributed by atoms with Gasteiger partial charge in [0.15, 0.2) is 0 Å². The molecule has 0 saturated carbocycles. The Hall–Kier alpha value is -5.07. The average molecular weight is 709 g/mol. The number of ether oxygens (including phenoxy) is 1. The highest BCUT2D eigenvalue weighted by Gasteiger charge is 2.45. The Balaban J connectivity index is 1.20. The molecule has 1 saturated heterocycles. The van der Waals surface area contributed by atoms with Crippen molar-refractivity contribution in [1.82, 2.24) is 25.1 Å². The van der Waals surface area contributed by atoms with Gasteiger partial charge in [-0.2, -0.15) is 0 Å². The van der Waals surface area contributed by atoms with Crippen molar-refractivity contribution in [2.75, 3.05) is 19.0 Å². The number of fused-ring (bicyclic) bond motifs is 5. The number of carbonyl (C=O) groups is 1. The predicted octanol–water partition coefficient (Wildman–Crippen LogP) is 7.68. The van der Waals surface area contributed by atoms with Crippen LogP contribution in [-0.2, 0) is 19.3 Å². The lowest BCUT2D eigenvalue weighted by molar-refractivity contribution is 0.0776. The molecule has 2 aliphatic heterocycles.